The van der Waals surface area contributed by atoms with E-state index in [1.165, 1.54) is 13.1 Å². The zero-order valence-electron chi connectivity index (χ0n) is 18.8. The quantitative estimate of drug-likeness (QED) is 0.510. The van der Waals surface area contributed by atoms with Gasteiger partial charge in [-0.15, -0.1) is 15.7 Å². The fourth-order valence-electron chi connectivity index (χ4n) is 4.72. The molecule has 5 N–H and O–H groups in total. The number of allylic oxidation sites excluding steroid dienone is 1. The standard InChI is InChI=1S/C21H31N5O4S2/c1-12-15(19(2)8-9-19)24-13-6-5-7-20(13,3)16(12)25-18(28)26-32(22,30)14-10-23-17(31-14)21(4,29)11-27/h10,13,27,29H,5-9,11H2,1-4H3,(H3,22,25,26,28,30). The summed E-state index contributed by atoms with van der Waals surface area (Å²) in [5.41, 5.74) is 1.00. The van der Waals surface area contributed by atoms with Crippen molar-refractivity contribution in [2.24, 2.45) is 25.3 Å². The maximum Gasteiger partial charge on any atom is 0.354 e. The number of nitrogens with two attached hydrogens (primary N) is 1. The summed E-state index contributed by atoms with van der Waals surface area (Å²) in [6.45, 7) is 7.13. The third-order valence-corrected chi connectivity index (χ3v) is 10.2. The van der Waals surface area contributed by atoms with E-state index in [0.717, 1.165) is 60.4 Å². The SMILES string of the molecule is CC1=C(NC(=O)N=S(N)(=O)c2cnc(C(C)(O)CO)s2)C2(C)CCCC2N=C1C1(C)CC1. The van der Waals surface area contributed by atoms with Crippen LogP contribution >= 0.6 is 11.3 Å². The van der Waals surface area contributed by atoms with Gasteiger partial charge >= 0.3 is 6.03 Å². The number of aliphatic imine (C=N–C) groups is 1. The maximum absolute atomic E-state index is 13.0. The first-order chi connectivity index (χ1) is 14.8. The number of aromatic nitrogens is 1. The van der Waals surface area contributed by atoms with Gasteiger partial charge in [-0.1, -0.05) is 20.3 Å². The molecule has 176 valence electrons. The Morgan fingerprint density at radius 1 is 1.44 bits per heavy atom. The highest BCUT2D eigenvalue weighted by atomic mass is 32.2. The smallest absolute Gasteiger partial charge is 0.354 e. The first kappa shape index (κ1) is 23.5. The lowest BCUT2D eigenvalue weighted by Gasteiger charge is -2.39. The Kier molecular flexibility index (Phi) is 5.65. The van der Waals surface area contributed by atoms with Gasteiger partial charge in [-0.25, -0.2) is 19.1 Å². The fraction of sp³-hybridized carbons (Fsp3) is 0.667. The van der Waals surface area contributed by atoms with E-state index in [4.69, 9.17) is 10.1 Å². The first-order valence-electron chi connectivity index (χ1n) is 10.8. The summed E-state index contributed by atoms with van der Waals surface area (Å²) in [5.74, 6) is 0. The van der Waals surface area contributed by atoms with Crippen molar-refractivity contribution in [2.45, 2.75) is 75.7 Å². The van der Waals surface area contributed by atoms with E-state index in [1.54, 1.807) is 0 Å². The molecule has 1 aliphatic heterocycles. The number of fused-ring (bicyclic) bond motifs is 1. The average molecular weight is 482 g/mol. The van der Waals surface area contributed by atoms with Crippen LogP contribution in [0.25, 0.3) is 0 Å². The van der Waals surface area contributed by atoms with Gasteiger partial charge in [-0.3, -0.25) is 4.99 Å². The van der Waals surface area contributed by atoms with E-state index in [1.807, 2.05) is 6.92 Å². The largest absolute Gasteiger partial charge is 0.393 e. The number of urea groups is 1. The highest BCUT2D eigenvalue weighted by molar-refractivity contribution is 7.93. The van der Waals surface area contributed by atoms with Crippen molar-refractivity contribution < 1.29 is 19.2 Å². The number of nitrogens with zero attached hydrogens (tertiary/aromatic N) is 3. The van der Waals surface area contributed by atoms with Gasteiger partial charge < -0.3 is 15.5 Å². The average Bonchev–Trinajstić information content (AvgIpc) is 3.12. The number of carbonyl (C=O) groups excluding carboxylic acids is 1. The summed E-state index contributed by atoms with van der Waals surface area (Å²) in [6.07, 6.45) is 6.30. The summed E-state index contributed by atoms with van der Waals surface area (Å²) < 4.78 is 16.9. The number of thiazole rings is 1. The van der Waals surface area contributed by atoms with E-state index in [2.05, 4.69) is 28.5 Å². The van der Waals surface area contributed by atoms with E-state index < -0.39 is 28.2 Å². The number of aliphatic hydroxyl groups excluding tert-OH is 1. The van der Waals surface area contributed by atoms with E-state index >= 15 is 0 Å². The summed E-state index contributed by atoms with van der Waals surface area (Å²) in [6, 6.07) is -0.661. The zero-order chi connectivity index (χ0) is 23.5. The van der Waals surface area contributed by atoms with Crippen molar-refractivity contribution >= 4 is 33.0 Å². The Balaban J connectivity index is 1.64. The van der Waals surface area contributed by atoms with Gasteiger partial charge in [0, 0.05) is 22.2 Å². The van der Waals surface area contributed by atoms with Crippen LogP contribution in [0, 0.1) is 10.8 Å². The van der Waals surface area contributed by atoms with Crippen LogP contribution in [-0.2, 0) is 15.5 Å². The topological polar surface area (TPSA) is 150 Å². The second-order valence-corrected chi connectivity index (χ2v) is 12.9. The summed E-state index contributed by atoms with van der Waals surface area (Å²) >= 11 is 0.860. The molecule has 11 heteroatoms. The van der Waals surface area contributed by atoms with Crippen molar-refractivity contribution in [1.82, 2.24) is 10.3 Å². The number of nitrogens with one attached hydrogen (secondary N) is 1. The van der Waals surface area contributed by atoms with Crippen molar-refractivity contribution in [3.8, 4) is 0 Å². The number of dihydropyridines is 1. The molecule has 0 aromatic carbocycles. The van der Waals surface area contributed by atoms with Gasteiger partial charge in [0.05, 0.1) is 18.8 Å². The molecule has 0 spiro atoms. The molecule has 2 heterocycles. The van der Waals surface area contributed by atoms with Gasteiger partial charge in [0.2, 0.25) is 0 Å². The highest BCUT2D eigenvalue weighted by Crippen LogP contribution is 2.55. The Bertz CT molecular complexity index is 1140. The van der Waals surface area contributed by atoms with Crippen molar-refractivity contribution in [3.63, 3.8) is 0 Å². The summed E-state index contributed by atoms with van der Waals surface area (Å²) in [4.78, 5) is 22.0. The van der Waals surface area contributed by atoms with Crippen LogP contribution in [0.15, 0.2) is 31.0 Å². The number of aliphatic hydroxyl groups is 2. The highest BCUT2D eigenvalue weighted by Gasteiger charge is 2.51. The summed E-state index contributed by atoms with van der Waals surface area (Å²) in [7, 11) is -3.57. The molecule has 4 atom stereocenters. The van der Waals surface area contributed by atoms with E-state index in [0.29, 0.717) is 0 Å². The van der Waals surface area contributed by atoms with Crippen molar-refractivity contribution in [3.05, 3.63) is 22.5 Å². The molecular weight excluding hydrogens is 450 g/mol. The predicted octanol–water partition coefficient (Wildman–Crippen LogP) is 2.84. The van der Waals surface area contributed by atoms with Gasteiger partial charge in [-0.05, 0) is 45.1 Å². The van der Waals surface area contributed by atoms with Gasteiger partial charge in [-0.2, -0.15) is 0 Å². The van der Waals surface area contributed by atoms with Gasteiger partial charge in [0.25, 0.3) is 0 Å². The molecule has 2 saturated carbocycles. The van der Waals surface area contributed by atoms with Crippen LogP contribution < -0.4 is 10.5 Å². The Hall–Kier alpha value is -1.66. The Morgan fingerprint density at radius 2 is 2.12 bits per heavy atom. The summed E-state index contributed by atoms with van der Waals surface area (Å²) in [5, 5.41) is 28.4. The van der Waals surface area contributed by atoms with Crippen molar-refractivity contribution in [1.29, 1.82) is 0 Å². The molecule has 3 aliphatic rings. The number of hydrogen-bond donors (Lipinski definition) is 4. The molecule has 0 radical (unpaired) electrons. The first-order valence-corrected chi connectivity index (χ1v) is 13.2. The third kappa shape index (κ3) is 3.94. The number of hydrogen-bond acceptors (Lipinski definition) is 7. The monoisotopic (exact) mass is 481 g/mol. The second-order valence-electron chi connectivity index (χ2n) is 9.87. The van der Waals surface area contributed by atoms with Gasteiger partial charge in [0.1, 0.15) is 14.8 Å². The lowest BCUT2D eigenvalue weighted by atomic mass is 9.75. The molecule has 1 aromatic heterocycles. The minimum atomic E-state index is -3.57. The van der Waals surface area contributed by atoms with E-state index in [9.17, 15) is 19.2 Å². The molecule has 4 unspecified atom stereocenters. The van der Waals surface area contributed by atoms with Crippen LogP contribution in [0.2, 0.25) is 0 Å². The Labute approximate surface area is 192 Å². The molecule has 2 fully saturated rings. The van der Waals surface area contributed by atoms with Crippen LogP contribution in [0.4, 0.5) is 4.79 Å². The predicted molar refractivity (Wildman–Crippen MR) is 124 cm³/mol. The molecule has 0 bridgehead atoms. The molecule has 2 aliphatic carbocycles. The number of amides is 2. The maximum atomic E-state index is 13.0. The molecular formula is C21H31N5O4S2. The number of carbonyl (C=O) groups is 1. The number of rotatable bonds is 5. The van der Waals surface area contributed by atoms with Crippen LogP contribution in [0.5, 0.6) is 0 Å². The minimum absolute atomic E-state index is 0.0587. The molecule has 32 heavy (non-hydrogen) atoms. The third-order valence-electron chi connectivity index (χ3n) is 7.06. The minimum Gasteiger partial charge on any atom is -0.393 e. The molecule has 4 rings (SSSR count). The molecule has 2 amide bonds. The van der Waals surface area contributed by atoms with Crippen LogP contribution in [-0.4, -0.2) is 43.8 Å². The van der Waals surface area contributed by atoms with Gasteiger partial charge in [0.15, 0.2) is 9.92 Å². The van der Waals surface area contributed by atoms with Crippen LogP contribution in [0.1, 0.15) is 64.8 Å². The molecule has 1 aromatic rings. The van der Waals surface area contributed by atoms with E-state index in [-0.39, 0.29) is 26.1 Å². The fourth-order valence-corrected chi connectivity index (χ4v) is 6.82. The lowest BCUT2D eigenvalue weighted by molar-refractivity contribution is -0.00244. The lowest BCUT2D eigenvalue weighted by Crippen LogP contribution is -2.43. The second kappa shape index (κ2) is 7.69. The zero-order valence-corrected chi connectivity index (χ0v) is 20.5. The van der Waals surface area contributed by atoms with Crippen LogP contribution in [0.3, 0.4) is 0 Å². The molecule has 0 saturated heterocycles. The molecule has 9 nitrogen and oxygen atoms in total. The van der Waals surface area contributed by atoms with Crippen molar-refractivity contribution in [2.75, 3.05) is 6.61 Å². The Morgan fingerprint density at radius 3 is 2.75 bits per heavy atom. The normalized spacial score (nSPS) is 30.1.